The number of carboxylic acids is 1. The first-order valence-electron chi connectivity index (χ1n) is 7.95. The Kier molecular flexibility index (Phi) is 5.98. The molecule has 0 bridgehead atoms. The molecule has 0 radical (unpaired) electrons. The van der Waals surface area contributed by atoms with Crippen LogP contribution in [0.2, 0.25) is 0 Å². The van der Waals surface area contributed by atoms with E-state index in [-0.39, 0.29) is 35.7 Å². The van der Waals surface area contributed by atoms with Gasteiger partial charge < -0.3 is 14.7 Å². The second kappa shape index (κ2) is 7.83. The van der Waals surface area contributed by atoms with Gasteiger partial charge in [0.2, 0.25) is 0 Å². The standard InChI is InChI=1S/C16H20N2O7S/c1-3-6-17(10-14(19)20)15(21)11-4-5-12-13(9-11)26(23,24)18(16(12)22)7-8-25-2/h4-5,9H,3,6-8,10H2,1-2H3,(H,19,20). The molecule has 1 aromatic carbocycles. The maximum atomic E-state index is 12.6. The number of ether oxygens (including phenoxy) is 1. The largest absolute Gasteiger partial charge is 0.480 e. The Bertz CT molecular complexity index is 835. The molecular weight excluding hydrogens is 364 g/mol. The van der Waals surface area contributed by atoms with Gasteiger partial charge in [0, 0.05) is 19.2 Å². The van der Waals surface area contributed by atoms with E-state index >= 15 is 0 Å². The number of sulfonamides is 1. The molecule has 0 spiro atoms. The lowest BCUT2D eigenvalue weighted by molar-refractivity contribution is -0.137. The Morgan fingerprint density at radius 1 is 1.31 bits per heavy atom. The molecule has 0 aromatic heterocycles. The third-order valence-electron chi connectivity index (χ3n) is 3.86. The molecule has 1 aromatic rings. The van der Waals surface area contributed by atoms with Crippen molar-refractivity contribution in [2.45, 2.75) is 18.2 Å². The van der Waals surface area contributed by atoms with Gasteiger partial charge in [-0.05, 0) is 24.6 Å². The molecule has 10 heteroatoms. The van der Waals surface area contributed by atoms with Crippen molar-refractivity contribution in [3.8, 4) is 0 Å². The van der Waals surface area contributed by atoms with E-state index in [1.54, 1.807) is 6.92 Å². The number of aliphatic carboxylic acids is 1. The summed E-state index contributed by atoms with van der Waals surface area (Å²) in [4.78, 5) is 36.7. The zero-order valence-electron chi connectivity index (χ0n) is 14.5. The quantitative estimate of drug-likeness (QED) is 0.689. The molecule has 1 N–H and O–H groups in total. The topological polar surface area (TPSA) is 121 Å². The van der Waals surface area contributed by atoms with Crippen LogP contribution in [-0.2, 0) is 19.6 Å². The van der Waals surface area contributed by atoms with Gasteiger partial charge in [0.15, 0.2) is 0 Å². The predicted molar refractivity (Wildman–Crippen MR) is 90.4 cm³/mol. The second-order valence-electron chi connectivity index (χ2n) is 5.71. The Labute approximate surface area is 151 Å². The van der Waals surface area contributed by atoms with E-state index in [1.165, 1.54) is 19.2 Å². The highest BCUT2D eigenvalue weighted by molar-refractivity contribution is 7.90. The zero-order valence-corrected chi connectivity index (χ0v) is 15.3. The summed E-state index contributed by atoms with van der Waals surface area (Å²) >= 11 is 0. The lowest BCUT2D eigenvalue weighted by Crippen LogP contribution is -2.36. The molecule has 26 heavy (non-hydrogen) atoms. The number of methoxy groups -OCH3 is 1. The average Bonchev–Trinajstić information content (AvgIpc) is 2.78. The maximum absolute atomic E-state index is 12.6. The van der Waals surface area contributed by atoms with Crippen LogP contribution in [0.25, 0.3) is 0 Å². The molecule has 0 atom stereocenters. The number of benzene rings is 1. The van der Waals surface area contributed by atoms with E-state index in [0.29, 0.717) is 10.7 Å². The van der Waals surface area contributed by atoms with Gasteiger partial charge in [-0.1, -0.05) is 6.92 Å². The van der Waals surface area contributed by atoms with Gasteiger partial charge in [-0.25, -0.2) is 12.7 Å². The first-order chi connectivity index (χ1) is 12.2. The SMILES string of the molecule is CCCN(CC(=O)O)C(=O)c1ccc2c(c1)S(=O)(=O)N(CCOC)C2=O. The minimum absolute atomic E-state index is 0.0158. The minimum Gasteiger partial charge on any atom is -0.480 e. The number of carbonyl (C=O) groups excluding carboxylic acids is 2. The molecular formula is C16H20N2O7S. The molecule has 0 unspecified atom stereocenters. The van der Waals surface area contributed by atoms with Crippen molar-refractivity contribution >= 4 is 27.8 Å². The number of fused-ring (bicyclic) bond motifs is 1. The van der Waals surface area contributed by atoms with E-state index in [1.807, 2.05) is 0 Å². The van der Waals surface area contributed by atoms with Crippen molar-refractivity contribution in [2.75, 3.05) is 33.4 Å². The van der Waals surface area contributed by atoms with Crippen LogP contribution in [0.1, 0.15) is 34.1 Å². The predicted octanol–water partition coefficient (Wildman–Crippen LogP) is 0.414. The first kappa shape index (κ1) is 19.9. The van der Waals surface area contributed by atoms with E-state index in [2.05, 4.69) is 0 Å². The van der Waals surface area contributed by atoms with E-state index in [0.717, 1.165) is 11.0 Å². The third kappa shape index (κ3) is 3.70. The third-order valence-corrected chi connectivity index (χ3v) is 5.68. The molecule has 0 aliphatic carbocycles. The Morgan fingerprint density at radius 3 is 2.58 bits per heavy atom. The summed E-state index contributed by atoms with van der Waals surface area (Å²) in [6.07, 6.45) is 0.547. The molecule has 9 nitrogen and oxygen atoms in total. The summed E-state index contributed by atoms with van der Waals surface area (Å²) in [5, 5.41) is 8.94. The van der Waals surface area contributed by atoms with Crippen molar-refractivity contribution in [3.63, 3.8) is 0 Å². The lowest BCUT2D eigenvalue weighted by atomic mass is 10.1. The normalized spacial score (nSPS) is 15.0. The summed E-state index contributed by atoms with van der Waals surface area (Å²) < 4.78 is 30.7. The molecule has 1 aliphatic heterocycles. The Morgan fingerprint density at radius 2 is 2.00 bits per heavy atom. The second-order valence-corrected chi connectivity index (χ2v) is 7.54. The number of carbonyl (C=O) groups is 3. The van der Waals surface area contributed by atoms with Crippen LogP contribution in [-0.4, -0.2) is 73.9 Å². The molecule has 142 valence electrons. The van der Waals surface area contributed by atoms with Crippen LogP contribution in [0.5, 0.6) is 0 Å². The highest BCUT2D eigenvalue weighted by Crippen LogP contribution is 2.31. The van der Waals surface area contributed by atoms with Crippen molar-refractivity contribution in [1.29, 1.82) is 0 Å². The fourth-order valence-corrected chi connectivity index (χ4v) is 4.25. The highest BCUT2D eigenvalue weighted by atomic mass is 32.2. The fourth-order valence-electron chi connectivity index (χ4n) is 2.67. The van der Waals surface area contributed by atoms with Crippen LogP contribution in [0.3, 0.4) is 0 Å². The molecule has 2 rings (SSSR count). The molecule has 0 fully saturated rings. The molecule has 1 aliphatic rings. The molecule has 1 heterocycles. The summed E-state index contributed by atoms with van der Waals surface area (Å²) in [6.45, 7) is 1.44. The van der Waals surface area contributed by atoms with Crippen LogP contribution >= 0.6 is 0 Å². The Hall–Kier alpha value is -2.46. The van der Waals surface area contributed by atoms with E-state index in [9.17, 15) is 22.8 Å². The summed E-state index contributed by atoms with van der Waals surface area (Å²) in [6, 6.07) is 3.74. The van der Waals surface area contributed by atoms with Crippen LogP contribution < -0.4 is 0 Å². The van der Waals surface area contributed by atoms with Crippen molar-refractivity contribution in [3.05, 3.63) is 29.3 Å². The number of hydrogen-bond donors (Lipinski definition) is 1. The smallest absolute Gasteiger partial charge is 0.323 e. The number of rotatable bonds is 8. The number of nitrogens with zero attached hydrogens (tertiary/aromatic N) is 2. The van der Waals surface area contributed by atoms with Gasteiger partial charge in [-0.15, -0.1) is 0 Å². The van der Waals surface area contributed by atoms with Gasteiger partial charge in [-0.3, -0.25) is 14.4 Å². The molecule has 2 amide bonds. The Balaban J connectivity index is 2.39. The van der Waals surface area contributed by atoms with Gasteiger partial charge in [0.1, 0.15) is 11.4 Å². The monoisotopic (exact) mass is 384 g/mol. The summed E-state index contributed by atoms with van der Waals surface area (Å²) in [5.41, 5.74) is 0.00125. The van der Waals surface area contributed by atoms with Gasteiger partial charge in [-0.2, -0.15) is 0 Å². The van der Waals surface area contributed by atoms with Crippen LogP contribution in [0.15, 0.2) is 23.1 Å². The average molecular weight is 384 g/mol. The van der Waals surface area contributed by atoms with E-state index in [4.69, 9.17) is 9.84 Å². The first-order valence-corrected chi connectivity index (χ1v) is 9.39. The van der Waals surface area contributed by atoms with Crippen LogP contribution in [0.4, 0.5) is 0 Å². The van der Waals surface area contributed by atoms with Crippen molar-refractivity contribution in [2.24, 2.45) is 0 Å². The fraction of sp³-hybridized carbons (Fsp3) is 0.438. The van der Waals surface area contributed by atoms with Gasteiger partial charge in [0.05, 0.1) is 18.7 Å². The summed E-state index contributed by atoms with van der Waals surface area (Å²) in [5.74, 6) is -2.44. The molecule has 0 saturated heterocycles. The summed E-state index contributed by atoms with van der Waals surface area (Å²) in [7, 11) is -2.68. The number of hydrogen-bond acceptors (Lipinski definition) is 6. The number of amides is 2. The highest BCUT2D eigenvalue weighted by Gasteiger charge is 2.41. The van der Waals surface area contributed by atoms with Crippen LogP contribution in [0, 0.1) is 0 Å². The zero-order chi connectivity index (χ0) is 19.5. The van der Waals surface area contributed by atoms with Gasteiger partial charge >= 0.3 is 5.97 Å². The lowest BCUT2D eigenvalue weighted by Gasteiger charge is -2.20. The van der Waals surface area contributed by atoms with Crippen molar-refractivity contribution in [1.82, 2.24) is 9.21 Å². The van der Waals surface area contributed by atoms with E-state index < -0.39 is 34.4 Å². The number of carboxylic acid groups (broad SMARTS) is 1. The van der Waals surface area contributed by atoms with Crippen molar-refractivity contribution < 1.29 is 32.6 Å². The van der Waals surface area contributed by atoms with Gasteiger partial charge in [0.25, 0.3) is 21.8 Å². The minimum atomic E-state index is -4.07. The maximum Gasteiger partial charge on any atom is 0.323 e. The molecule has 0 saturated carbocycles.